The second kappa shape index (κ2) is 7.71. The number of carbonyl (C=O) groups excluding carboxylic acids is 1. The Kier molecular flexibility index (Phi) is 5.36. The summed E-state index contributed by atoms with van der Waals surface area (Å²) in [5, 5.41) is 3.05. The number of carbonyl (C=O) groups is 1. The number of ether oxygens (including phenoxy) is 2. The van der Waals surface area contributed by atoms with Crippen molar-refractivity contribution < 1.29 is 23.0 Å². The van der Waals surface area contributed by atoms with Crippen LogP contribution in [0.2, 0.25) is 0 Å². The minimum atomic E-state index is -0.951. The predicted molar refractivity (Wildman–Crippen MR) is 99.7 cm³/mol. The van der Waals surface area contributed by atoms with Crippen molar-refractivity contribution in [1.82, 2.24) is 4.98 Å². The number of hydrogen-bond acceptors (Lipinski definition) is 5. The Bertz CT molecular complexity index is 1000. The zero-order valence-corrected chi connectivity index (χ0v) is 15.6. The summed E-state index contributed by atoms with van der Waals surface area (Å²) in [5.41, 5.74) is 1.24. The van der Waals surface area contributed by atoms with Crippen molar-refractivity contribution in [2.24, 2.45) is 0 Å². The number of hydrogen-bond donors (Lipinski definition) is 1. The van der Waals surface area contributed by atoms with Gasteiger partial charge in [-0.05, 0) is 37.3 Å². The molecule has 8 heteroatoms. The standard InChI is InChI=1S/C19H16F2N2O3S/c1-10-17(11-4-7-14(20)15(21)8-11)22-19(27-10)23-18(24)13-6-5-12(25-2)9-16(13)26-3/h4-9H,1-3H3,(H,22,23,24). The molecule has 0 aliphatic carbocycles. The topological polar surface area (TPSA) is 60.5 Å². The maximum absolute atomic E-state index is 13.5. The number of aromatic nitrogens is 1. The van der Waals surface area contributed by atoms with Crippen LogP contribution in [0.1, 0.15) is 15.2 Å². The van der Waals surface area contributed by atoms with E-state index in [2.05, 4.69) is 10.3 Å². The van der Waals surface area contributed by atoms with Gasteiger partial charge in [0.15, 0.2) is 16.8 Å². The smallest absolute Gasteiger partial charge is 0.261 e. The van der Waals surface area contributed by atoms with E-state index in [0.29, 0.717) is 33.5 Å². The van der Waals surface area contributed by atoms with E-state index >= 15 is 0 Å². The van der Waals surface area contributed by atoms with Crippen LogP contribution in [0, 0.1) is 18.6 Å². The van der Waals surface area contributed by atoms with Crippen LogP contribution in [0.5, 0.6) is 11.5 Å². The number of anilines is 1. The third-order valence-corrected chi connectivity index (χ3v) is 4.75. The molecule has 1 heterocycles. The van der Waals surface area contributed by atoms with Gasteiger partial charge in [0.05, 0.1) is 25.5 Å². The van der Waals surface area contributed by atoms with E-state index in [1.807, 2.05) is 0 Å². The quantitative estimate of drug-likeness (QED) is 0.688. The lowest BCUT2D eigenvalue weighted by molar-refractivity contribution is 0.102. The minimum Gasteiger partial charge on any atom is -0.497 e. The molecular formula is C19H16F2N2O3S. The molecule has 0 aliphatic heterocycles. The van der Waals surface area contributed by atoms with Crippen molar-refractivity contribution in [2.45, 2.75) is 6.92 Å². The Morgan fingerprint density at radius 3 is 2.52 bits per heavy atom. The Labute approximate surface area is 158 Å². The summed E-state index contributed by atoms with van der Waals surface area (Å²) >= 11 is 1.24. The van der Waals surface area contributed by atoms with Crippen LogP contribution in [-0.2, 0) is 0 Å². The SMILES string of the molecule is COc1ccc(C(=O)Nc2nc(-c3ccc(F)c(F)c3)c(C)s2)c(OC)c1. The number of nitrogens with one attached hydrogen (secondary N) is 1. The molecule has 140 valence electrons. The Morgan fingerprint density at radius 2 is 1.85 bits per heavy atom. The summed E-state index contributed by atoms with van der Waals surface area (Å²) in [6, 6.07) is 8.41. The highest BCUT2D eigenvalue weighted by molar-refractivity contribution is 7.16. The van der Waals surface area contributed by atoms with E-state index in [4.69, 9.17) is 9.47 Å². The number of methoxy groups -OCH3 is 2. The molecule has 3 aromatic rings. The predicted octanol–water partition coefficient (Wildman–Crippen LogP) is 4.67. The van der Waals surface area contributed by atoms with E-state index in [1.165, 1.54) is 31.6 Å². The molecule has 3 rings (SSSR count). The van der Waals surface area contributed by atoms with E-state index in [0.717, 1.165) is 17.0 Å². The molecule has 0 atom stereocenters. The fraction of sp³-hybridized carbons (Fsp3) is 0.158. The van der Waals surface area contributed by atoms with Crippen LogP contribution in [0.3, 0.4) is 0 Å². The van der Waals surface area contributed by atoms with Gasteiger partial charge in [-0.15, -0.1) is 11.3 Å². The zero-order chi connectivity index (χ0) is 19.6. The van der Waals surface area contributed by atoms with Crippen molar-refractivity contribution in [2.75, 3.05) is 19.5 Å². The highest BCUT2D eigenvalue weighted by Gasteiger charge is 2.17. The summed E-state index contributed by atoms with van der Waals surface area (Å²) in [6.07, 6.45) is 0. The molecule has 2 aromatic carbocycles. The third kappa shape index (κ3) is 3.90. The number of halogens is 2. The second-order valence-corrected chi connectivity index (χ2v) is 6.78. The lowest BCUT2D eigenvalue weighted by Crippen LogP contribution is -2.13. The molecule has 27 heavy (non-hydrogen) atoms. The fourth-order valence-corrected chi connectivity index (χ4v) is 3.34. The average molecular weight is 390 g/mol. The molecular weight excluding hydrogens is 374 g/mol. The van der Waals surface area contributed by atoms with E-state index in [9.17, 15) is 13.6 Å². The molecule has 1 N–H and O–H groups in total. The van der Waals surface area contributed by atoms with Crippen LogP contribution in [-0.4, -0.2) is 25.1 Å². The lowest BCUT2D eigenvalue weighted by atomic mass is 10.1. The van der Waals surface area contributed by atoms with E-state index in [1.54, 1.807) is 25.1 Å². The number of thiazole rings is 1. The third-order valence-electron chi connectivity index (χ3n) is 3.86. The first-order valence-electron chi connectivity index (χ1n) is 7.89. The van der Waals surface area contributed by atoms with Gasteiger partial charge in [0.2, 0.25) is 0 Å². The van der Waals surface area contributed by atoms with Crippen molar-refractivity contribution >= 4 is 22.4 Å². The van der Waals surface area contributed by atoms with Crippen LogP contribution >= 0.6 is 11.3 Å². The van der Waals surface area contributed by atoms with Gasteiger partial charge in [-0.25, -0.2) is 13.8 Å². The van der Waals surface area contributed by atoms with Gasteiger partial charge in [-0.1, -0.05) is 0 Å². The van der Waals surface area contributed by atoms with Crippen LogP contribution in [0.4, 0.5) is 13.9 Å². The van der Waals surface area contributed by atoms with Crippen molar-refractivity contribution in [3.63, 3.8) is 0 Å². The Balaban J connectivity index is 1.86. The number of amides is 1. The molecule has 0 unspecified atom stereocenters. The van der Waals surface area contributed by atoms with Gasteiger partial charge in [0, 0.05) is 16.5 Å². The van der Waals surface area contributed by atoms with E-state index < -0.39 is 17.5 Å². The zero-order valence-electron chi connectivity index (χ0n) is 14.8. The first kappa shape index (κ1) is 18.8. The Morgan fingerprint density at radius 1 is 1.07 bits per heavy atom. The molecule has 0 spiro atoms. The largest absolute Gasteiger partial charge is 0.497 e. The van der Waals surface area contributed by atoms with Crippen molar-refractivity contribution in [3.8, 4) is 22.8 Å². The average Bonchev–Trinajstić information content (AvgIpc) is 3.03. The van der Waals surface area contributed by atoms with Gasteiger partial charge >= 0.3 is 0 Å². The molecule has 0 saturated heterocycles. The molecule has 0 radical (unpaired) electrons. The summed E-state index contributed by atoms with van der Waals surface area (Å²) < 4.78 is 37.0. The molecule has 0 saturated carbocycles. The van der Waals surface area contributed by atoms with Gasteiger partial charge in [0.1, 0.15) is 11.5 Å². The van der Waals surface area contributed by atoms with E-state index in [-0.39, 0.29) is 0 Å². The van der Waals surface area contributed by atoms with Gasteiger partial charge < -0.3 is 9.47 Å². The summed E-state index contributed by atoms with van der Waals surface area (Å²) in [4.78, 5) is 17.7. The molecule has 5 nitrogen and oxygen atoms in total. The van der Waals surface area contributed by atoms with Gasteiger partial charge in [0.25, 0.3) is 5.91 Å². The maximum Gasteiger partial charge on any atom is 0.261 e. The van der Waals surface area contributed by atoms with Crippen molar-refractivity contribution in [3.05, 3.63) is 58.5 Å². The van der Waals surface area contributed by atoms with Crippen LogP contribution < -0.4 is 14.8 Å². The number of benzene rings is 2. The molecule has 0 fully saturated rings. The molecule has 0 aliphatic rings. The summed E-state index contributed by atoms with van der Waals surface area (Å²) in [6.45, 7) is 1.79. The van der Waals surface area contributed by atoms with Gasteiger partial charge in [-0.2, -0.15) is 0 Å². The van der Waals surface area contributed by atoms with Gasteiger partial charge in [-0.3, -0.25) is 10.1 Å². The molecule has 0 bridgehead atoms. The number of aryl methyl sites for hydroxylation is 1. The Hall–Kier alpha value is -3.00. The highest BCUT2D eigenvalue weighted by Crippen LogP contribution is 2.32. The summed E-state index contributed by atoms with van der Waals surface area (Å²) in [7, 11) is 2.98. The van der Waals surface area contributed by atoms with Crippen LogP contribution in [0.15, 0.2) is 36.4 Å². The van der Waals surface area contributed by atoms with Crippen LogP contribution in [0.25, 0.3) is 11.3 Å². The first-order valence-corrected chi connectivity index (χ1v) is 8.70. The minimum absolute atomic E-state index is 0.320. The first-order chi connectivity index (χ1) is 12.9. The number of nitrogens with zero attached hydrogens (tertiary/aromatic N) is 1. The highest BCUT2D eigenvalue weighted by atomic mass is 32.1. The molecule has 1 aromatic heterocycles. The number of rotatable bonds is 5. The lowest BCUT2D eigenvalue weighted by Gasteiger charge is -2.09. The fourth-order valence-electron chi connectivity index (χ4n) is 2.51. The molecule has 1 amide bonds. The second-order valence-electron chi connectivity index (χ2n) is 5.57. The summed E-state index contributed by atoms with van der Waals surface area (Å²) in [5.74, 6) is -1.35. The normalized spacial score (nSPS) is 10.6. The maximum atomic E-state index is 13.5. The monoisotopic (exact) mass is 390 g/mol. The van der Waals surface area contributed by atoms with Crippen molar-refractivity contribution in [1.29, 1.82) is 0 Å².